The molecule has 2 heterocycles. The largest absolute Gasteiger partial charge is 0.458 e. The summed E-state index contributed by atoms with van der Waals surface area (Å²) in [6.07, 6.45) is 9.44. The first-order valence-electron chi connectivity index (χ1n) is 10.9. The van der Waals surface area contributed by atoms with E-state index in [1.807, 2.05) is 58.1 Å². The molecule has 5 atom stereocenters. The van der Waals surface area contributed by atoms with E-state index in [0.29, 0.717) is 12.0 Å². The van der Waals surface area contributed by atoms with Crippen molar-refractivity contribution in [2.45, 2.75) is 83.6 Å². The summed E-state index contributed by atoms with van der Waals surface area (Å²) < 4.78 is 18.0. The molecule has 5 nitrogen and oxygen atoms in total. The molecule has 0 amide bonds. The maximum Gasteiger partial charge on any atom is 0.339 e. The summed E-state index contributed by atoms with van der Waals surface area (Å²) in [7, 11) is 0. The molecule has 2 fully saturated rings. The number of ether oxygens (including phenoxy) is 3. The Morgan fingerprint density at radius 2 is 1.87 bits per heavy atom. The van der Waals surface area contributed by atoms with Crippen LogP contribution in [0.15, 0.2) is 30.4 Å². The molecule has 0 bridgehead atoms. The van der Waals surface area contributed by atoms with Gasteiger partial charge in [0.2, 0.25) is 0 Å². The molecule has 162 valence electrons. The topological polar surface area (TPSA) is 65.0 Å². The molecule has 2 aliphatic heterocycles. The fraction of sp³-hybridized carbons (Fsp3) is 0.560. The van der Waals surface area contributed by atoms with E-state index in [-0.39, 0.29) is 24.1 Å². The fourth-order valence-corrected chi connectivity index (χ4v) is 4.96. The third-order valence-corrected chi connectivity index (χ3v) is 6.26. The highest BCUT2D eigenvalue weighted by atomic mass is 16.8. The number of aryl methyl sites for hydroxylation is 2. The molecule has 0 spiro atoms. The smallest absolute Gasteiger partial charge is 0.339 e. The Morgan fingerprint density at radius 1 is 1.07 bits per heavy atom. The van der Waals surface area contributed by atoms with Gasteiger partial charge in [0.25, 0.3) is 0 Å². The van der Waals surface area contributed by atoms with Gasteiger partial charge in [-0.25, -0.2) is 4.79 Å². The van der Waals surface area contributed by atoms with E-state index in [1.165, 1.54) is 0 Å². The Bertz CT molecular complexity index is 869. The van der Waals surface area contributed by atoms with Crippen molar-refractivity contribution in [3.63, 3.8) is 0 Å². The van der Waals surface area contributed by atoms with Gasteiger partial charge in [0.15, 0.2) is 5.79 Å². The normalized spacial score (nSPS) is 35.5. The van der Waals surface area contributed by atoms with Crippen molar-refractivity contribution in [1.82, 2.24) is 0 Å². The molecule has 1 unspecified atom stereocenters. The van der Waals surface area contributed by atoms with E-state index in [0.717, 1.165) is 36.0 Å². The van der Waals surface area contributed by atoms with Crippen LogP contribution in [0.3, 0.4) is 0 Å². The van der Waals surface area contributed by atoms with Crippen molar-refractivity contribution in [3.8, 4) is 0 Å². The highest BCUT2D eigenvalue weighted by Crippen LogP contribution is 2.35. The van der Waals surface area contributed by atoms with Crippen LogP contribution < -0.4 is 0 Å². The van der Waals surface area contributed by atoms with Crippen LogP contribution in [0.5, 0.6) is 0 Å². The first-order valence-corrected chi connectivity index (χ1v) is 10.9. The van der Waals surface area contributed by atoms with Gasteiger partial charge in [-0.1, -0.05) is 42.0 Å². The molecular formula is C25H32O5. The summed E-state index contributed by atoms with van der Waals surface area (Å²) >= 11 is 0. The number of esters is 1. The molecule has 0 radical (unpaired) electrons. The van der Waals surface area contributed by atoms with Gasteiger partial charge in [0, 0.05) is 5.92 Å². The number of hydrogen-bond donors (Lipinski definition) is 1. The molecule has 1 aromatic rings. The molecule has 4 rings (SSSR count). The summed E-state index contributed by atoms with van der Waals surface area (Å²) in [6.45, 7) is 7.73. The van der Waals surface area contributed by atoms with Gasteiger partial charge in [-0.15, -0.1) is 0 Å². The number of carbonyl (C=O) groups is 1. The second kappa shape index (κ2) is 8.29. The number of hydrogen-bond acceptors (Lipinski definition) is 5. The average Bonchev–Trinajstić information content (AvgIpc) is 3.21. The van der Waals surface area contributed by atoms with Gasteiger partial charge >= 0.3 is 5.97 Å². The Hall–Kier alpha value is -1.95. The standard InChI is InChI=1S/C25H32O5/c1-15-13-16(2)22-18(14-15)8-6-10-21-23(30-25(3,4)29-21)19(26)12-11-17-7-5-9-20(17)28-24(22)27/h6,8,11-14,17,19-21,23,26H,5,7,9-10H2,1-4H3/b8-6+,12-11-/t17-,19?,20+,21+,23-/m1/s1. The molecule has 1 saturated heterocycles. The number of benzene rings is 1. The lowest BCUT2D eigenvalue weighted by Gasteiger charge is -2.22. The van der Waals surface area contributed by atoms with Gasteiger partial charge in [0.1, 0.15) is 18.3 Å². The monoisotopic (exact) mass is 412 g/mol. The zero-order valence-electron chi connectivity index (χ0n) is 18.3. The molecule has 1 saturated carbocycles. The minimum Gasteiger partial charge on any atom is -0.458 e. The maximum absolute atomic E-state index is 13.1. The van der Waals surface area contributed by atoms with Gasteiger partial charge in [-0.05, 0) is 64.5 Å². The predicted molar refractivity (Wildman–Crippen MR) is 115 cm³/mol. The highest BCUT2D eigenvalue weighted by Gasteiger charge is 2.43. The van der Waals surface area contributed by atoms with Crippen LogP contribution >= 0.6 is 0 Å². The summed E-state index contributed by atoms with van der Waals surface area (Å²) in [5, 5.41) is 10.8. The zero-order valence-corrected chi connectivity index (χ0v) is 18.3. The van der Waals surface area contributed by atoms with Gasteiger partial charge in [-0.2, -0.15) is 0 Å². The molecule has 1 aliphatic carbocycles. The number of carbonyl (C=O) groups excluding carboxylic acids is 1. The van der Waals surface area contributed by atoms with Crippen molar-refractivity contribution in [2.75, 3.05) is 0 Å². The minimum atomic E-state index is -0.776. The fourth-order valence-electron chi connectivity index (χ4n) is 4.96. The molecule has 30 heavy (non-hydrogen) atoms. The van der Waals surface area contributed by atoms with Crippen molar-refractivity contribution in [1.29, 1.82) is 0 Å². The van der Waals surface area contributed by atoms with Crippen LogP contribution in [0, 0.1) is 19.8 Å². The van der Waals surface area contributed by atoms with E-state index in [1.54, 1.807) is 6.08 Å². The minimum absolute atomic E-state index is 0.102. The molecule has 3 aliphatic rings. The van der Waals surface area contributed by atoms with E-state index in [2.05, 4.69) is 0 Å². The van der Waals surface area contributed by atoms with Crippen LogP contribution in [0.1, 0.15) is 66.6 Å². The SMILES string of the molecule is Cc1cc(C)c2c(c1)/C=C/C[C@@H]1OC(C)(C)O[C@@H]1C(O)/C=C\[C@H]1CCC[C@@H]1OC2=O. The van der Waals surface area contributed by atoms with E-state index in [4.69, 9.17) is 14.2 Å². The number of aliphatic hydroxyl groups is 1. The third-order valence-electron chi connectivity index (χ3n) is 6.26. The second-order valence-corrected chi connectivity index (χ2v) is 9.24. The summed E-state index contributed by atoms with van der Waals surface area (Å²) in [5.74, 6) is -0.911. The molecule has 5 heteroatoms. The van der Waals surface area contributed by atoms with Crippen LogP contribution in [0.4, 0.5) is 0 Å². The summed E-state index contributed by atoms with van der Waals surface area (Å²) in [4.78, 5) is 13.1. The Labute approximate surface area is 178 Å². The van der Waals surface area contributed by atoms with Gasteiger partial charge < -0.3 is 19.3 Å². The average molecular weight is 413 g/mol. The van der Waals surface area contributed by atoms with Crippen molar-refractivity contribution in [3.05, 3.63) is 52.6 Å². The van der Waals surface area contributed by atoms with Gasteiger partial charge in [-0.3, -0.25) is 0 Å². The van der Waals surface area contributed by atoms with E-state index in [9.17, 15) is 9.90 Å². The Kier molecular flexibility index (Phi) is 5.88. The predicted octanol–water partition coefficient (Wildman–Crippen LogP) is 4.48. The first-order chi connectivity index (χ1) is 14.2. The third kappa shape index (κ3) is 4.39. The quantitative estimate of drug-likeness (QED) is 0.503. The van der Waals surface area contributed by atoms with E-state index >= 15 is 0 Å². The molecule has 1 N–H and O–H groups in total. The zero-order chi connectivity index (χ0) is 21.5. The second-order valence-electron chi connectivity index (χ2n) is 9.24. The lowest BCUT2D eigenvalue weighted by Crippen LogP contribution is -2.34. The number of aliphatic hydroxyl groups excluding tert-OH is 1. The maximum atomic E-state index is 13.1. The summed E-state index contributed by atoms with van der Waals surface area (Å²) in [5.41, 5.74) is 3.51. The number of fused-ring (bicyclic) bond motifs is 3. The van der Waals surface area contributed by atoms with Crippen LogP contribution in [-0.2, 0) is 14.2 Å². The highest BCUT2D eigenvalue weighted by molar-refractivity contribution is 5.95. The van der Waals surface area contributed by atoms with Crippen molar-refractivity contribution in [2.24, 2.45) is 5.92 Å². The molecule has 0 aromatic heterocycles. The van der Waals surface area contributed by atoms with Crippen LogP contribution in [-0.4, -0.2) is 41.3 Å². The molecular weight excluding hydrogens is 380 g/mol. The first kappa shape index (κ1) is 21.3. The Balaban J connectivity index is 1.73. The van der Waals surface area contributed by atoms with Crippen LogP contribution in [0.25, 0.3) is 6.08 Å². The number of rotatable bonds is 0. The lowest BCUT2D eigenvalue weighted by molar-refractivity contribution is -0.152. The molecule has 1 aromatic carbocycles. The van der Waals surface area contributed by atoms with E-state index < -0.39 is 18.0 Å². The Morgan fingerprint density at radius 3 is 2.67 bits per heavy atom. The van der Waals surface area contributed by atoms with Crippen molar-refractivity contribution < 1.29 is 24.1 Å². The lowest BCUT2D eigenvalue weighted by atomic mass is 9.96. The van der Waals surface area contributed by atoms with Gasteiger partial charge in [0.05, 0.1) is 11.7 Å². The summed E-state index contributed by atoms with van der Waals surface area (Å²) in [6, 6.07) is 4.03. The van der Waals surface area contributed by atoms with Crippen LogP contribution in [0.2, 0.25) is 0 Å². The van der Waals surface area contributed by atoms with Crippen molar-refractivity contribution >= 4 is 12.0 Å².